The molecule has 0 saturated carbocycles. The first-order valence-corrected chi connectivity index (χ1v) is 8.79. The van der Waals surface area contributed by atoms with E-state index in [4.69, 9.17) is 0 Å². The SMILES string of the molecule is COC(=O)c1cccc(C(=O)N2CCN(C(=O)N(F)c3ccccc3)CC2)c1. The number of carbonyl (C=O) groups excluding carboxylic acids is 3. The summed E-state index contributed by atoms with van der Waals surface area (Å²) in [6, 6.07) is 13.6. The summed E-state index contributed by atoms with van der Waals surface area (Å²) in [5.41, 5.74) is 0.808. The Balaban J connectivity index is 1.61. The van der Waals surface area contributed by atoms with Crippen LogP contribution in [-0.2, 0) is 4.74 Å². The molecule has 0 aliphatic carbocycles. The van der Waals surface area contributed by atoms with E-state index in [0.717, 1.165) is 0 Å². The molecule has 146 valence electrons. The molecule has 8 heteroatoms. The van der Waals surface area contributed by atoms with Gasteiger partial charge in [-0.05, 0) is 30.3 Å². The van der Waals surface area contributed by atoms with Crippen LogP contribution in [0.5, 0.6) is 0 Å². The van der Waals surface area contributed by atoms with Crippen molar-refractivity contribution in [3.05, 3.63) is 65.7 Å². The number of hydrogen-bond acceptors (Lipinski definition) is 4. The Labute approximate surface area is 161 Å². The molecule has 0 atom stereocenters. The highest BCUT2D eigenvalue weighted by Gasteiger charge is 2.28. The lowest BCUT2D eigenvalue weighted by Gasteiger charge is -2.35. The lowest BCUT2D eigenvalue weighted by Crippen LogP contribution is -2.53. The van der Waals surface area contributed by atoms with Crippen molar-refractivity contribution in [2.75, 3.05) is 38.4 Å². The maximum absolute atomic E-state index is 14.3. The molecule has 1 aliphatic heterocycles. The summed E-state index contributed by atoms with van der Waals surface area (Å²) >= 11 is 0. The molecule has 0 aromatic heterocycles. The summed E-state index contributed by atoms with van der Waals surface area (Å²) in [7, 11) is 1.27. The van der Waals surface area contributed by atoms with E-state index in [-0.39, 0.29) is 48.5 Å². The summed E-state index contributed by atoms with van der Waals surface area (Å²) in [5, 5.41) is 0.108. The van der Waals surface area contributed by atoms with Gasteiger partial charge in [0.1, 0.15) is 0 Å². The summed E-state index contributed by atoms with van der Waals surface area (Å²) in [6.45, 7) is 0.981. The molecule has 2 aromatic rings. The number of carbonyl (C=O) groups is 3. The number of hydrogen-bond donors (Lipinski definition) is 0. The molecule has 3 rings (SSSR count). The largest absolute Gasteiger partial charge is 0.465 e. The fraction of sp³-hybridized carbons (Fsp3) is 0.250. The lowest BCUT2D eigenvalue weighted by molar-refractivity contribution is 0.0600. The molecule has 0 spiro atoms. The average molecular weight is 385 g/mol. The number of ether oxygens (including phenoxy) is 1. The molecular weight excluding hydrogens is 365 g/mol. The van der Waals surface area contributed by atoms with Crippen LogP contribution in [0.2, 0.25) is 0 Å². The standard InChI is InChI=1S/C20H20FN3O4/c1-28-19(26)16-7-5-6-15(14-16)18(25)22-10-12-23(13-11-22)20(27)24(21)17-8-3-2-4-9-17/h2-9,14H,10-13H2,1H3. The minimum absolute atomic E-state index is 0.108. The molecular formula is C20H20FN3O4. The first kappa shape index (κ1) is 19.3. The molecule has 0 bridgehead atoms. The number of piperazine rings is 1. The van der Waals surface area contributed by atoms with Gasteiger partial charge in [-0.15, -0.1) is 5.12 Å². The van der Waals surface area contributed by atoms with Gasteiger partial charge in [0.25, 0.3) is 5.91 Å². The number of esters is 1. The van der Waals surface area contributed by atoms with E-state index in [0.29, 0.717) is 5.56 Å². The predicted octanol–water partition coefficient (Wildman–Crippen LogP) is 2.74. The number of para-hydroxylation sites is 1. The molecule has 1 fully saturated rings. The van der Waals surface area contributed by atoms with E-state index in [9.17, 15) is 18.9 Å². The van der Waals surface area contributed by atoms with Gasteiger partial charge in [-0.3, -0.25) is 4.79 Å². The molecule has 0 unspecified atom stereocenters. The summed E-state index contributed by atoms with van der Waals surface area (Å²) in [4.78, 5) is 39.6. The van der Waals surface area contributed by atoms with E-state index in [1.54, 1.807) is 41.3 Å². The third-order valence-corrected chi connectivity index (χ3v) is 4.52. The second-order valence-electron chi connectivity index (χ2n) is 6.25. The molecule has 0 N–H and O–H groups in total. The highest BCUT2D eigenvalue weighted by atomic mass is 19.2. The molecule has 28 heavy (non-hydrogen) atoms. The van der Waals surface area contributed by atoms with Crippen molar-refractivity contribution in [1.82, 2.24) is 9.80 Å². The zero-order valence-electron chi connectivity index (χ0n) is 15.4. The number of rotatable bonds is 3. The first-order chi connectivity index (χ1) is 13.5. The van der Waals surface area contributed by atoms with Crippen LogP contribution in [0.15, 0.2) is 54.6 Å². The Kier molecular flexibility index (Phi) is 5.88. The molecule has 7 nitrogen and oxygen atoms in total. The van der Waals surface area contributed by atoms with Crippen LogP contribution in [0.25, 0.3) is 0 Å². The molecule has 1 heterocycles. The van der Waals surface area contributed by atoms with Gasteiger partial charge in [-0.25, -0.2) is 9.59 Å². The van der Waals surface area contributed by atoms with Crippen molar-refractivity contribution in [1.29, 1.82) is 0 Å². The number of methoxy groups -OCH3 is 1. The predicted molar refractivity (Wildman–Crippen MR) is 101 cm³/mol. The maximum atomic E-state index is 14.3. The second-order valence-corrected chi connectivity index (χ2v) is 6.25. The highest BCUT2D eigenvalue weighted by molar-refractivity contribution is 5.98. The Morgan fingerprint density at radius 1 is 0.893 bits per heavy atom. The molecule has 1 aliphatic rings. The monoisotopic (exact) mass is 385 g/mol. The number of nitrogens with zero attached hydrogens (tertiary/aromatic N) is 3. The van der Waals surface area contributed by atoms with Gasteiger partial charge in [-0.2, -0.15) is 0 Å². The fourth-order valence-electron chi connectivity index (χ4n) is 2.97. The quantitative estimate of drug-likeness (QED) is 0.602. The summed E-state index contributed by atoms with van der Waals surface area (Å²) in [6.07, 6.45) is 0. The van der Waals surface area contributed by atoms with Crippen molar-refractivity contribution in [2.24, 2.45) is 0 Å². The maximum Gasteiger partial charge on any atom is 0.353 e. The molecule has 0 radical (unpaired) electrons. The van der Waals surface area contributed by atoms with Crippen molar-refractivity contribution >= 4 is 23.6 Å². The van der Waals surface area contributed by atoms with Crippen molar-refractivity contribution < 1.29 is 23.6 Å². The van der Waals surface area contributed by atoms with Crippen LogP contribution in [0.1, 0.15) is 20.7 Å². The smallest absolute Gasteiger partial charge is 0.353 e. The van der Waals surface area contributed by atoms with Crippen LogP contribution in [0.3, 0.4) is 0 Å². The number of halogens is 1. The Morgan fingerprint density at radius 2 is 1.50 bits per heavy atom. The Hall–Kier alpha value is -3.42. The minimum Gasteiger partial charge on any atom is -0.465 e. The van der Waals surface area contributed by atoms with Crippen molar-refractivity contribution in [2.45, 2.75) is 0 Å². The third kappa shape index (κ3) is 4.11. The topological polar surface area (TPSA) is 70.2 Å². The second kappa shape index (κ2) is 8.51. The van der Waals surface area contributed by atoms with E-state index in [2.05, 4.69) is 4.74 Å². The zero-order chi connectivity index (χ0) is 20.1. The van der Waals surface area contributed by atoms with Gasteiger partial charge in [0.05, 0.1) is 18.4 Å². The summed E-state index contributed by atoms with van der Waals surface area (Å²) < 4.78 is 19.0. The molecule has 3 amide bonds. The van der Waals surface area contributed by atoms with Gasteiger partial charge in [0.15, 0.2) is 0 Å². The lowest BCUT2D eigenvalue weighted by atomic mass is 10.1. The van der Waals surface area contributed by atoms with E-state index in [1.807, 2.05) is 0 Å². The van der Waals surface area contributed by atoms with Crippen LogP contribution in [0, 0.1) is 0 Å². The fourth-order valence-corrected chi connectivity index (χ4v) is 2.97. The van der Waals surface area contributed by atoms with E-state index >= 15 is 0 Å². The number of amides is 3. The summed E-state index contributed by atoms with van der Waals surface area (Å²) in [5.74, 6) is -0.771. The average Bonchev–Trinajstić information content (AvgIpc) is 2.77. The normalized spacial score (nSPS) is 13.8. The van der Waals surface area contributed by atoms with E-state index < -0.39 is 12.0 Å². The van der Waals surface area contributed by atoms with Gasteiger partial charge in [0, 0.05) is 31.7 Å². The van der Waals surface area contributed by atoms with Crippen molar-refractivity contribution in [3.8, 4) is 0 Å². The first-order valence-electron chi connectivity index (χ1n) is 8.79. The van der Waals surface area contributed by atoms with Crippen LogP contribution in [-0.4, -0.2) is 61.0 Å². The van der Waals surface area contributed by atoms with Crippen LogP contribution in [0.4, 0.5) is 15.0 Å². The minimum atomic E-state index is -0.758. The number of urea groups is 1. The Morgan fingerprint density at radius 3 is 2.14 bits per heavy atom. The number of benzene rings is 2. The molecule has 2 aromatic carbocycles. The molecule has 1 saturated heterocycles. The van der Waals surface area contributed by atoms with Gasteiger partial charge in [-0.1, -0.05) is 28.7 Å². The highest BCUT2D eigenvalue weighted by Crippen LogP contribution is 2.18. The van der Waals surface area contributed by atoms with Gasteiger partial charge < -0.3 is 14.5 Å². The van der Waals surface area contributed by atoms with E-state index in [1.165, 1.54) is 30.2 Å². The van der Waals surface area contributed by atoms with Crippen molar-refractivity contribution in [3.63, 3.8) is 0 Å². The van der Waals surface area contributed by atoms with Crippen LogP contribution < -0.4 is 5.12 Å². The zero-order valence-corrected chi connectivity index (χ0v) is 15.4. The van der Waals surface area contributed by atoms with Crippen LogP contribution >= 0.6 is 0 Å². The van der Waals surface area contributed by atoms with Gasteiger partial charge in [0.2, 0.25) is 0 Å². The number of anilines is 1. The third-order valence-electron chi connectivity index (χ3n) is 4.52. The van der Waals surface area contributed by atoms with Gasteiger partial charge >= 0.3 is 12.0 Å². The Bertz CT molecular complexity index is 867.